The zero-order valence-electron chi connectivity index (χ0n) is 63.6. The zero-order chi connectivity index (χ0) is 75.3. The van der Waals surface area contributed by atoms with Crippen LogP contribution in [0.5, 0.6) is 0 Å². The van der Waals surface area contributed by atoms with Crippen molar-refractivity contribution in [3.8, 4) is 0 Å². The Morgan fingerprint density at radius 1 is 0.520 bits per heavy atom. The molecule has 6 N–H and O–H groups in total. The molecule has 1 heterocycles. The molecular formula is C70H126N12O16. The van der Waals surface area contributed by atoms with Crippen LogP contribution in [0.2, 0.25) is 0 Å². The van der Waals surface area contributed by atoms with Crippen LogP contribution in [0.4, 0.5) is 0 Å². The average molecular weight is 1390 g/mol. The van der Waals surface area contributed by atoms with Crippen LogP contribution in [0.1, 0.15) is 156 Å². The molecule has 0 aromatic rings. The van der Waals surface area contributed by atoms with Crippen LogP contribution in [0, 0.1) is 41.4 Å². The van der Waals surface area contributed by atoms with Crippen LogP contribution in [-0.2, 0) is 71.7 Å². The Morgan fingerprint density at radius 2 is 0.990 bits per heavy atom. The zero-order valence-corrected chi connectivity index (χ0v) is 63.6. The van der Waals surface area contributed by atoms with Crippen LogP contribution in [0.25, 0.3) is 0 Å². The summed E-state index contributed by atoms with van der Waals surface area (Å²) in [6.45, 7) is 29.6. The van der Waals surface area contributed by atoms with Gasteiger partial charge in [0.25, 0.3) is 0 Å². The minimum absolute atomic E-state index is 0.00124. The number of nitrogens with zero attached hydrogens (tertiary/aromatic N) is 7. The average Bonchev–Trinajstić information content (AvgIpc) is 0.816. The molecule has 562 valence electrons. The van der Waals surface area contributed by atoms with E-state index in [1.54, 1.807) is 60.6 Å². The third-order valence-corrected chi connectivity index (χ3v) is 17.6. The highest BCUT2D eigenvalue weighted by molar-refractivity contribution is 5.99. The molecule has 1 aliphatic heterocycles. The van der Waals surface area contributed by atoms with Crippen LogP contribution in [-0.4, -0.2) is 279 Å². The van der Waals surface area contributed by atoms with Crippen LogP contribution >= 0.6 is 0 Å². The minimum atomic E-state index is -1.65. The molecule has 0 bridgehead atoms. The number of hydrogen-bond acceptors (Lipinski definition) is 16. The lowest BCUT2D eigenvalue weighted by Crippen LogP contribution is -2.63. The number of amides is 12. The fraction of sp³-hybridized carbons (Fsp3) is 0.800. The van der Waals surface area contributed by atoms with Crippen LogP contribution in [0.3, 0.4) is 0 Å². The maximum Gasteiger partial charge on any atom is 0.247 e. The lowest BCUT2D eigenvalue weighted by atomic mass is 9.91. The number of ether oxygens (including phenoxy) is 3. The second-order valence-corrected chi connectivity index (χ2v) is 28.6. The Labute approximate surface area is 584 Å². The van der Waals surface area contributed by atoms with Gasteiger partial charge < -0.3 is 80.2 Å². The molecule has 28 heteroatoms. The van der Waals surface area contributed by atoms with Gasteiger partial charge in [-0.1, -0.05) is 109 Å². The molecule has 12 amide bonds. The van der Waals surface area contributed by atoms with E-state index in [-0.39, 0.29) is 75.3 Å². The van der Waals surface area contributed by atoms with Gasteiger partial charge in [-0.25, -0.2) is 0 Å². The van der Waals surface area contributed by atoms with Gasteiger partial charge in [0.2, 0.25) is 70.9 Å². The van der Waals surface area contributed by atoms with Crippen molar-refractivity contribution in [1.29, 1.82) is 0 Å². The van der Waals surface area contributed by atoms with Gasteiger partial charge in [0.15, 0.2) is 0 Å². The van der Waals surface area contributed by atoms with Crippen molar-refractivity contribution in [3.05, 3.63) is 12.2 Å². The fourth-order valence-electron chi connectivity index (χ4n) is 11.6. The maximum absolute atomic E-state index is 15.4. The summed E-state index contributed by atoms with van der Waals surface area (Å²) in [6.07, 6.45) is 2.65. The monoisotopic (exact) mass is 1390 g/mol. The quantitative estimate of drug-likeness (QED) is 0.0535. The van der Waals surface area contributed by atoms with E-state index < -0.39 is 175 Å². The molecule has 0 aromatic carbocycles. The van der Waals surface area contributed by atoms with Crippen molar-refractivity contribution in [2.45, 2.75) is 223 Å². The Hall–Kier alpha value is -6.78. The fourth-order valence-corrected chi connectivity index (χ4v) is 11.6. The molecule has 28 nitrogen and oxygen atoms in total. The number of carbonyl (C=O) groups is 12. The summed E-state index contributed by atoms with van der Waals surface area (Å²) in [5, 5.41) is 25.8. The predicted octanol–water partition coefficient (Wildman–Crippen LogP) is 2.43. The summed E-state index contributed by atoms with van der Waals surface area (Å²) in [5.74, 6) is -11.5. The first kappa shape index (κ1) is 89.2. The maximum atomic E-state index is 15.4. The number of likely N-dealkylation sites (N-methyl/N-ethyl adjacent to an activating group) is 7. The third kappa shape index (κ3) is 27.7. The molecule has 0 aliphatic carbocycles. The summed E-state index contributed by atoms with van der Waals surface area (Å²) < 4.78 is 16.6. The Balaban J connectivity index is 4.44. The number of hydrogen-bond donors (Lipinski definition) is 6. The SMILES string of the molecule is CC=CC[C@@H](C)[C@@H](O)C1C(=O)N[C@@H](CC)C(=O)N(C)CC(=O)N(C)[C@@H](CC(C)C)C(=O)N[C@@H](C(C)C)C(=O)N(C)[C@@H](CC(C)C)C(=O)N[C@@H](C)C(=O)N[C@H](COCC(=O)NCCOCCOCC)C(=O)N(C)[C@@H](CC(C)C)C(=O)N(C)[C@@H](CC(C)C)C(=O)N(C)[C@@H](C(C)C)C(=O)N1C. The van der Waals surface area contributed by atoms with Crippen molar-refractivity contribution < 1.29 is 76.9 Å². The summed E-state index contributed by atoms with van der Waals surface area (Å²) in [4.78, 5) is 185. The predicted molar refractivity (Wildman–Crippen MR) is 374 cm³/mol. The highest BCUT2D eigenvalue weighted by Gasteiger charge is 2.46. The van der Waals surface area contributed by atoms with Crippen molar-refractivity contribution in [3.63, 3.8) is 0 Å². The first-order valence-electron chi connectivity index (χ1n) is 35.0. The Morgan fingerprint density at radius 3 is 1.49 bits per heavy atom. The molecule has 0 aromatic heterocycles. The molecule has 0 spiro atoms. The van der Waals surface area contributed by atoms with E-state index in [1.807, 2.05) is 62.3 Å². The van der Waals surface area contributed by atoms with Crippen molar-refractivity contribution in [2.24, 2.45) is 41.4 Å². The summed E-state index contributed by atoms with van der Waals surface area (Å²) in [7, 11) is 9.70. The van der Waals surface area contributed by atoms with Crippen LogP contribution < -0.4 is 26.6 Å². The first-order valence-corrected chi connectivity index (χ1v) is 35.0. The Bertz CT molecular complexity index is 2640. The number of rotatable bonds is 26. The number of allylic oxidation sites excluding steroid dienone is 2. The van der Waals surface area contributed by atoms with E-state index in [1.165, 1.54) is 75.9 Å². The first-order chi connectivity index (χ1) is 45.6. The lowest BCUT2D eigenvalue weighted by Gasteiger charge is -2.41. The van der Waals surface area contributed by atoms with Gasteiger partial charge in [-0.05, 0) is 101 Å². The molecule has 1 saturated heterocycles. The highest BCUT2D eigenvalue weighted by atomic mass is 16.5. The second kappa shape index (κ2) is 43.7. The molecule has 12 atom stereocenters. The number of aliphatic hydroxyl groups excluding tert-OH is 1. The Kier molecular flexibility index (Phi) is 39.8. The van der Waals surface area contributed by atoms with Crippen molar-refractivity contribution in [1.82, 2.24) is 60.9 Å². The van der Waals surface area contributed by atoms with E-state index in [0.29, 0.717) is 19.8 Å². The van der Waals surface area contributed by atoms with Crippen molar-refractivity contribution in [2.75, 3.05) is 102 Å². The molecule has 1 rings (SSSR count). The topological polar surface area (TPSA) is 336 Å². The standard InChI is InChI=1S/C70H126N12O16/c1-25-28-29-47(16)60(85)59-64(89)73-49(26-2)65(90)76(18)38-56(84)77(19)51(34-41(4)5)63(88)75-57(45(12)13)69(94)78(20)52(35-42(6)7)62(87)72-48(17)61(86)74-50(39-98-40-55(83)71-30-31-97-33-32-96-27-3)66(91)79(21)53(36-43(8)9)67(92)80(22)54(37-44(10)11)68(93)81(23)58(46(14)15)70(95)82(59)24/h25,28,41-54,57-60,85H,26-27,29-40H2,1-24H3,(H,71,83)(H,72,87)(H,73,89)(H,74,86)(H,75,88)/t47-,48+,49+,50-,51+,52+,53+,54+,57+,58+,59?,60-/m1/s1. The van der Waals surface area contributed by atoms with E-state index in [0.717, 1.165) is 14.7 Å². The molecule has 0 radical (unpaired) electrons. The van der Waals surface area contributed by atoms with Gasteiger partial charge >= 0.3 is 0 Å². The summed E-state index contributed by atoms with van der Waals surface area (Å²) >= 11 is 0. The number of nitrogens with one attached hydrogen (secondary N) is 5. The van der Waals surface area contributed by atoms with Gasteiger partial charge in [0.1, 0.15) is 67.0 Å². The number of aliphatic hydroxyl groups is 1. The molecule has 0 saturated carbocycles. The molecule has 1 aliphatic rings. The van der Waals surface area contributed by atoms with E-state index in [9.17, 15) is 43.5 Å². The van der Waals surface area contributed by atoms with Gasteiger partial charge in [-0.15, -0.1) is 0 Å². The lowest BCUT2D eigenvalue weighted by molar-refractivity contribution is -0.157. The highest BCUT2D eigenvalue weighted by Crippen LogP contribution is 2.26. The third-order valence-electron chi connectivity index (χ3n) is 17.6. The molecule has 1 fully saturated rings. The number of carbonyl (C=O) groups excluding carboxylic acids is 12. The van der Waals surface area contributed by atoms with Gasteiger partial charge in [0.05, 0.1) is 39.1 Å². The smallest absolute Gasteiger partial charge is 0.247 e. The largest absolute Gasteiger partial charge is 0.390 e. The van der Waals surface area contributed by atoms with Gasteiger partial charge in [0, 0.05) is 62.5 Å². The van der Waals surface area contributed by atoms with E-state index >= 15 is 19.2 Å². The molecule has 1 unspecified atom stereocenters. The van der Waals surface area contributed by atoms with Crippen molar-refractivity contribution >= 4 is 70.9 Å². The summed E-state index contributed by atoms with van der Waals surface area (Å²) in [5.41, 5.74) is 0. The van der Waals surface area contributed by atoms with E-state index in [4.69, 9.17) is 14.2 Å². The molecular weight excluding hydrogens is 1260 g/mol. The van der Waals surface area contributed by atoms with Gasteiger partial charge in [-0.2, -0.15) is 0 Å². The summed E-state index contributed by atoms with van der Waals surface area (Å²) in [6, 6.07) is -13.5. The normalized spacial score (nSPS) is 24.8. The molecule has 98 heavy (non-hydrogen) atoms. The second-order valence-electron chi connectivity index (χ2n) is 28.6. The van der Waals surface area contributed by atoms with Crippen LogP contribution in [0.15, 0.2) is 12.2 Å². The minimum Gasteiger partial charge on any atom is -0.390 e. The van der Waals surface area contributed by atoms with Gasteiger partial charge in [-0.3, -0.25) is 57.5 Å². The van der Waals surface area contributed by atoms with E-state index in [2.05, 4.69) is 26.6 Å².